The van der Waals surface area contributed by atoms with Crippen LogP contribution in [0.2, 0.25) is 5.02 Å². The fourth-order valence-electron chi connectivity index (χ4n) is 1.25. The summed E-state index contributed by atoms with van der Waals surface area (Å²) >= 11 is 9.09. The molecule has 0 bridgehead atoms. The molecule has 0 amide bonds. The van der Waals surface area contributed by atoms with E-state index in [1.165, 1.54) is 12.1 Å². The predicted molar refractivity (Wildman–Crippen MR) is 74.2 cm³/mol. The minimum Gasteiger partial charge on any atom is -0.207 e. The molecule has 0 aliphatic rings. The van der Waals surface area contributed by atoms with Crippen LogP contribution in [0, 0.1) is 5.92 Å². The summed E-state index contributed by atoms with van der Waals surface area (Å²) in [5.41, 5.74) is 0. The molecule has 1 aromatic carbocycles. The monoisotopic (exact) mass is 339 g/mol. The van der Waals surface area contributed by atoms with Gasteiger partial charge >= 0.3 is 0 Å². The number of nitrogens with one attached hydrogen (secondary N) is 1. The predicted octanol–water partition coefficient (Wildman–Crippen LogP) is 3.04. The van der Waals surface area contributed by atoms with Gasteiger partial charge in [-0.15, -0.1) is 0 Å². The van der Waals surface area contributed by atoms with E-state index in [-0.39, 0.29) is 16.9 Å². The highest BCUT2D eigenvalue weighted by molar-refractivity contribution is 9.09. The van der Waals surface area contributed by atoms with E-state index in [9.17, 15) is 8.42 Å². The Morgan fingerprint density at radius 3 is 2.53 bits per heavy atom. The molecule has 96 valence electrons. The number of hydrogen-bond acceptors (Lipinski definition) is 2. The van der Waals surface area contributed by atoms with E-state index >= 15 is 0 Å². The van der Waals surface area contributed by atoms with Crippen molar-refractivity contribution < 1.29 is 8.42 Å². The van der Waals surface area contributed by atoms with Gasteiger partial charge in [-0.25, -0.2) is 13.1 Å². The Balaban J connectivity index is 2.96. The highest BCUT2D eigenvalue weighted by Crippen LogP contribution is 2.17. The second-order valence-corrected chi connectivity index (χ2v) is 6.88. The summed E-state index contributed by atoms with van der Waals surface area (Å²) in [6.45, 7) is 3.93. The van der Waals surface area contributed by atoms with Crippen molar-refractivity contribution in [3.05, 3.63) is 29.3 Å². The number of hydrogen-bond donors (Lipinski definition) is 1. The molecule has 0 saturated carbocycles. The van der Waals surface area contributed by atoms with Crippen LogP contribution in [0.15, 0.2) is 29.2 Å². The summed E-state index contributed by atoms with van der Waals surface area (Å²) in [6.07, 6.45) is 0. The first kappa shape index (κ1) is 15.0. The van der Waals surface area contributed by atoms with Gasteiger partial charge in [0.05, 0.1) is 4.90 Å². The Bertz CT molecular complexity index is 476. The van der Waals surface area contributed by atoms with Crippen molar-refractivity contribution in [1.82, 2.24) is 4.72 Å². The number of sulfonamides is 1. The van der Waals surface area contributed by atoms with Crippen molar-refractivity contribution in [2.45, 2.75) is 24.8 Å². The van der Waals surface area contributed by atoms with Gasteiger partial charge in [-0.1, -0.05) is 47.4 Å². The van der Waals surface area contributed by atoms with E-state index in [0.29, 0.717) is 10.4 Å². The highest BCUT2D eigenvalue weighted by atomic mass is 79.9. The largest absolute Gasteiger partial charge is 0.240 e. The first-order valence-corrected chi connectivity index (χ1v) is 8.19. The summed E-state index contributed by atoms with van der Waals surface area (Å²) in [5.74, 6) is 0.211. The molecular formula is C11H15BrClNO2S. The lowest BCUT2D eigenvalue weighted by molar-refractivity contribution is 0.484. The Hall–Kier alpha value is -0.100. The van der Waals surface area contributed by atoms with Crippen molar-refractivity contribution in [2.75, 3.05) is 5.33 Å². The van der Waals surface area contributed by atoms with Gasteiger partial charge < -0.3 is 0 Å². The quantitative estimate of drug-likeness (QED) is 0.837. The molecule has 0 aliphatic carbocycles. The van der Waals surface area contributed by atoms with Crippen molar-refractivity contribution in [2.24, 2.45) is 5.92 Å². The lowest BCUT2D eigenvalue weighted by atomic mass is 10.1. The van der Waals surface area contributed by atoms with Gasteiger partial charge in [0.2, 0.25) is 10.0 Å². The normalized spacial score (nSPS) is 13.9. The first-order chi connectivity index (χ1) is 7.86. The van der Waals surface area contributed by atoms with Crippen LogP contribution < -0.4 is 4.72 Å². The van der Waals surface area contributed by atoms with E-state index in [0.717, 1.165) is 0 Å². The minimum absolute atomic E-state index is 0.140. The Morgan fingerprint density at radius 1 is 1.41 bits per heavy atom. The second kappa shape index (κ2) is 6.18. The average molecular weight is 341 g/mol. The third kappa shape index (κ3) is 4.25. The number of alkyl halides is 1. The van der Waals surface area contributed by atoms with Crippen molar-refractivity contribution in [1.29, 1.82) is 0 Å². The molecular weight excluding hydrogens is 326 g/mol. The van der Waals surface area contributed by atoms with E-state index < -0.39 is 10.0 Å². The fraction of sp³-hybridized carbons (Fsp3) is 0.455. The molecule has 17 heavy (non-hydrogen) atoms. The van der Waals surface area contributed by atoms with Crippen molar-refractivity contribution in [3.63, 3.8) is 0 Å². The summed E-state index contributed by atoms with van der Waals surface area (Å²) in [6, 6.07) is 6.09. The molecule has 6 heteroatoms. The summed E-state index contributed by atoms with van der Waals surface area (Å²) in [7, 11) is -3.50. The zero-order chi connectivity index (χ0) is 13.1. The van der Waals surface area contributed by atoms with Crippen molar-refractivity contribution in [3.8, 4) is 0 Å². The standard InChI is InChI=1S/C11H15BrClNO2S/c1-8(2)11(7-12)14-17(15,16)10-5-3-4-9(13)6-10/h3-6,8,11,14H,7H2,1-2H3. The van der Waals surface area contributed by atoms with E-state index in [1.54, 1.807) is 12.1 Å². The van der Waals surface area contributed by atoms with Crippen LogP contribution >= 0.6 is 27.5 Å². The van der Waals surface area contributed by atoms with Gasteiger partial charge in [0.15, 0.2) is 0 Å². The minimum atomic E-state index is -3.50. The lowest BCUT2D eigenvalue weighted by Gasteiger charge is -2.19. The van der Waals surface area contributed by atoms with Crippen LogP contribution in [0.1, 0.15) is 13.8 Å². The van der Waals surface area contributed by atoms with Gasteiger partial charge in [0, 0.05) is 16.4 Å². The van der Waals surface area contributed by atoms with Crippen LogP contribution in [0.25, 0.3) is 0 Å². The van der Waals surface area contributed by atoms with Crippen LogP contribution in [-0.2, 0) is 10.0 Å². The van der Waals surface area contributed by atoms with E-state index in [4.69, 9.17) is 11.6 Å². The molecule has 1 atom stereocenters. The Kier molecular flexibility index (Phi) is 5.44. The molecule has 0 saturated heterocycles. The van der Waals surface area contributed by atoms with E-state index in [1.807, 2.05) is 13.8 Å². The molecule has 0 radical (unpaired) electrons. The molecule has 1 unspecified atom stereocenters. The van der Waals surface area contributed by atoms with Crippen LogP contribution in [0.5, 0.6) is 0 Å². The summed E-state index contributed by atoms with van der Waals surface area (Å²) < 4.78 is 26.8. The third-order valence-electron chi connectivity index (χ3n) is 2.38. The maximum Gasteiger partial charge on any atom is 0.240 e. The van der Waals surface area contributed by atoms with Crippen LogP contribution in [0.3, 0.4) is 0 Å². The number of halogens is 2. The lowest BCUT2D eigenvalue weighted by Crippen LogP contribution is -2.39. The molecule has 1 aromatic rings. The molecule has 1 rings (SSSR count). The molecule has 3 nitrogen and oxygen atoms in total. The molecule has 0 fully saturated rings. The van der Waals surface area contributed by atoms with E-state index in [2.05, 4.69) is 20.7 Å². The van der Waals surface area contributed by atoms with Gasteiger partial charge in [0.25, 0.3) is 0 Å². The third-order valence-corrected chi connectivity index (χ3v) is 4.80. The smallest absolute Gasteiger partial charge is 0.207 e. The molecule has 0 spiro atoms. The average Bonchev–Trinajstić information content (AvgIpc) is 2.25. The SMILES string of the molecule is CC(C)C(CBr)NS(=O)(=O)c1cccc(Cl)c1. The number of rotatable bonds is 5. The van der Waals surface area contributed by atoms with Gasteiger partial charge in [-0.05, 0) is 24.1 Å². The van der Waals surface area contributed by atoms with Gasteiger partial charge in [0.1, 0.15) is 0 Å². The molecule has 0 aromatic heterocycles. The summed E-state index contributed by atoms with van der Waals surface area (Å²) in [4.78, 5) is 0.191. The van der Waals surface area contributed by atoms with Gasteiger partial charge in [-0.2, -0.15) is 0 Å². The zero-order valence-electron chi connectivity index (χ0n) is 9.65. The van der Waals surface area contributed by atoms with Crippen molar-refractivity contribution >= 4 is 37.6 Å². The number of benzene rings is 1. The topological polar surface area (TPSA) is 46.2 Å². The Labute approximate surface area is 116 Å². The maximum atomic E-state index is 12.1. The highest BCUT2D eigenvalue weighted by Gasteiger charge is 2.21. The van der Waals surface area contributed by atoms with Crippen LogP contribution in [-0.4, -0.2) is 19.8 Å². The van der Waals surface area contributed by atoms with Crippen LogP contribution in [0.4, 0.5) is 0 Å². The Morgan fingerprint density at radius 2 is 2.06 bits per heavy atom. The maximum absolute atomic E-state index is 12.1. The fourth-order valence-corrected chi connectivity index (χ4v) is 4.06. The zero-order valence-corrected chi connectivity index (χ0v) is 12.8. The summed E-state index contributed by atoms with van der Waals surface area (Å²) in [5, 5.41) is 0.984. The first-order valence-electron chi connectivity index (χ1n) is 5.20. The van der Waals surface area contributed by atoms with Gasteiger partial charge in [-0.3, -0.25) is 0 Å². The molecule has 0 aliphatic heterocycles. The molecule has 0 heterocycles. The second-order valence-electron chi connectivity index (χ2n) is 4.08. The molecule has 1 N–H and O–H groups in total.